The zero-order chi connectivity index (χ0) is 11.4. The van der Waals surface area contributed by atoms with Crippen molar-refractivity contribution in [3.05, 3.63) is 17.7 Å². The van der Waals surface area contributed by atoms with Gasteiger partial charge in [-0.05, 0) is 12.1 Å². The summed E-state index contributed by atoms with van der Waals surface area (Å²) in [6.45, 7) is 0. The number of aromatic carboxylic acids is 1. The van der Waals surface area contributed by atoms with Gasteiger partial charge in [0.15, 0.2) is 0 Å². The van der Waals surface area contributed by atoms with Gasteiger partial charge in [-0.1, -0.05) is 0 Å². The summed E-state index contributed by atoms with van der Waals surface area (Å²) in [4.78, 5) is 10.7. The molecule has 0 aliphatic heterocycles. The maximum atomic E-state index is 10.7. The Morgan fingerprint density at radius 3 is 1.80 bits per heavy atom. The number of hydrazine groups is 3. The predicted octanol–water partition coefficient (Wildman–Crippen LogP) is -0.758. The highest BCUT2D eigenvalue weighted by atomic mass is 16.4. The standard InChI is InChI=1S/C7H12N6O2/c8-11-4-1-3(7(14)15)2-5(12-9)6(4)13-10/h1-2,11-13H,8-10H2,(H,14,15). The van der Waals surface area contributed by atoms with Crippen molar-refractivity contribution in [1.29, 1.82) is 0 Å². The lowest BCUT2D eigenvalue weighted by Crippen LogP contribution is -2.18. The van der Waals surface area contributed by atoms with E-state index in [1.165, 1.54) is 12.1 Å². The second kappa shape index (κ2) is 4.46. The van der Waals surface area contributed by atoms with E-state index in [4.69, 9.17) is 22.6 Å². The van der Waals surface area contributed by atoms with Gasteiger partial charge >= 0.3 is 5.97 Å². The molecule has 1 rings (SSSR count). The minimum atomic E-state index is -1.09. The van der Waals surface area contributed by atoms with Gasteiger partial charge in [-0.2, -0.15) is 0 Å². The fraction of sp³-hybridized carbons (Fsp3) is 0. The molecule has 0 amide bonds. The number of nitrogens with two attached hydrogens (primary N) is 3. The number of benzene rings is 1. The quantitative estimate of drug-likeness (QED) is 0.254. The molecule has 82 valence electrons. The number of rotatable bonds is 4. The van der Waals surface area contributed by atoms with Gasteiger partial charge in [0.05, 0.1) is 22.6 Å². The topological polar surface area (TPSA) is 151 Å². The highest BCUT2D eigenvalue weighted by molar-refractivity contribution is 5.95. The lowest BCUT2D eigenvalue weighted by molar-refractivity contribution is 0.0697. The van der Waals surface area contributed by atoms with Crippen molar-refractivity contribution < 1.29 is 9.90 Å². The fourth-order valence-electron chi connectivity index (χ4n) is 1.15. The number of hydrogen-bond donors (Lipinski definition) is 7. The molecule has 10 N–H and O–H groups in total. The van der Waals surface area contributed by atoms with Gasteiger partial charge in [0.25, 0.3) is 0 Å². The molecule has 0 atom stereocenters. The van der Waals surface area contributed by atoms with Gasteiger partial charge in [-0.3, -0.25) is 17.5 Å². The molecule has 0 saturated carbocycles. The second-order valence-corrected chi connectivity index (χ2v) is 2.68. The lowest BCUT2D eigenvalue weighted by atomic mass is 10.1. The van der Waals surface area contributed by atoms with Crippen LogP contribution in [0.1, 0.15) is 10.4 Å². The minimum Gasteiger partial charge on any atom is -0.478 e. The normalized spacial score (nSPS) is 9.53. The molecule has 0 fully saturated rings. The lowest BCUT2D eigenvalue weighted by Gasteiger charge is -2.14. The van der Waals surface area contributed by atoms with Crippen LogP contribution in [0.4, 0.5) is 17.1 Å². The second-order valence-electron chi connectivity index (χ2n) is 2.68. The average Bonchev–Trinajstić information content (AvgIpc) is 2.26. The Morgan fingerprint density at radius 1 is 1.07 bits per heavy atom. The van der Waals surface area contributed by atoms with E-state index < -0.39 is 5.97 Å². The number of carbonyl (C=O) groups is 1. The molecule has 0 bridgehead atoms. The van der Waals surface area contributed by atoms with Crippen LogP contribution in [-0.4, -0.2) is 11.1 Å². The van der Waals surface area contributed by atoms with Gasteiger partial charge in [0.1, 0.15) is 0 Å². The summed E-state index contributed by atoms with van der Waals surface area (Å²) in [5, 5.41) is 8.80. The van der Waals surface area contributed by atoms with Crippen molar-refractivity contribution in [2.75, 3.05) is 16.3 Å². The van der Waals surface area contributed by atoms with E-state index in [1.54, 1.807) is 0 Å². The van der Waals surface area contributed by atoms with Crippen LogP contribution < -0.4 is 33.8 Å². The SMILES string of the molecule is NNc1cc(C(=O)O)cc(NN)c1NN. The van der Waals surface area contributed by atoms with E-state index in [1.807, 2.05) is 0 Å². The summed E-state index contributed by atoms with van der Waals surface area (Å²) in [5.41, 5.74) is 8.05. The number of nitrogen functional groups attached to an aromatic ring is 3. The van der Waals surface area contributed by atoms with Crippen LogP contribution in [0, 0.1) is 0 Å². The first-order chi connectivity index (χ1) is 7.13. The van der Waals surface area contributed by atoms with Crippen molar-refractivity contribution in [3.63, 3.8) is 0 Å². The number of hydrogen-bond acceptors (Lipinski definition) is 7. The summed E-state index contributed by atoms with van der Waals surface area (Å²) in [6.07, 6.45) is 0. The third-order valence-corrected chi connectivity index (χ3v) is 1.84. The monoisotopic (exact) mass is 212 g/mol. The molecule has 15 heavy (non-hydrogen) atoms. The van der Waals surface area contributed by atoms with Crippen LogP contribution in [0.2, 0.25) is 0 Å². The molecular weight excluding hydrogens is 200 g/mol. The molecule has 0 aromatic heterocycles. The third-order valence-electron chi connectivity index (χ3n) is 1.84. The minimum absolute atomic E-state index is 0.0369. The number of anilines is 3. The van der Waals surface area contributed by atoms with Gasteiger partial charge < -0.3 is 21.4 Å². The van der Waals surface area contributed by atoms with E-state index in [-0.39, 0.29) is 5.56 Å². The molecule has 0 aliphatic carbocycles. The first kappa shape index (κ1) is 11.0. The average molecular weight is 212 g/mol. The Bertz CT molecular complexity index is 355. The molecular formula is C7H12N6O2. The van der Waals surface area contributed by atoms with Crippen LogP contribution >= 0.6 is 0 Å². The zero-order valence-electron chi connectivity index (χ0n) is 7.74. The van der Waals surface area contributed by atoms with Crippen molar-refractivity contribution in [2.45, 2.75) is 0 Å². The number of nitrogens with one attached hydrogen (secondary N) is 3. The first-order valence-electron chi connectivity index (χ1n) is 3.95. The summed E-state index contributed by atoms with van der Waals surface area (Å²) >= 11 is 0. The van der Waals surface area contributed by atoms with E-state index in [2.05, 4.69) is 16.3 Å². The Balaban J connectivity index is 3.35. The van der Waals surface area contributed by atoms with Gasteiger partial charge in [-0.15, -0.1) is 0 Å². The Morgan fingerprint density at radius 2 is 1.53 bits per heavy atom. The van der Waals surface area contributed by atoms with Gasteiger partial charge in [0.2, 0.25) is 0 Å². The Hall–Kier alpha value is -2.03. The molecule has 1 aromatic carbocycles. The van der Waals surface area contributed by atoms with Crippen LogP contribution in [0.25, 0.3) is 0 Å². The van der Waals surface area contributed by atoms with Gasteiger partial charge in [0, 0.05) is 0 Å². The van der Waals surface area contributed by atoms with Crippen molar-refractivity contribution in [2.24, 2.45) is 17.5 Å². The summed E-state index contributed by atoms with van der Waals surface area (Å²) < 4.78 is 0. The first-order valence-corrected chi connectivity index (χ1v) is 3.95. The van der Waals surface area contributed by atoms with E-state index in [0.717, 1.165) is 0 Å². The van der Waals surface area contributed by atoms with E-state index in [0.29, 0.717) is 17.1 Å². The predicted molar refractivity (Wildman–Crippen MR) is 56.8 cm³/mol. The maximum absolute atomic E-state index is 10.7. The van der Waals surface area contributed by atoms with Crippen molar-refractivity contribution in [1.82, 2.24) is 0 Å². The van der Waals surface area contributed by atoms with Crippen molar-refractivity contribution >= 4 is 23.0 Å². The van der Waals surface area contributed by atoms with Crippen LogP contribution in [0.5, 0.6) is 0 Å². The molecule has 0 aliphatic rings. The highest BCUT2D eigenvalue weighted by Gasteiger charge is 2.12. The van der Waals surface area contributed by atoms with Crippen LogP contribution in [0.3, 0.4) is 0 Å². The fourth-order valence-corrected chi connectivity index (χ4v) is 1.15. The molecule has 0 radical (unpaired) electrons. The Labute approximate surface area is 85.3 Å². The molecule has 8 nitrogen and oxygen atoms in total. The molecule has 0 saturated heterocycles. The maximum Gasteiger partial charge on any atom is 0.335 e. The summed E-state index contributed by atoms with van der Waals surface area (Å²) in [5.74, 6) is 14.6. The Kier molecular flexibility index (Phi) is 3.29. The zero-order valence-corrected chi connectivity index (χ0v) is 7.74. The van der Waals surface area contributed by atoms with Crippen LogP contribution in [0.15, 0.2) is 12.1 Å². The summed E-state index contributed by atoms with van der Waals surface area (Å²) in [6, 6.07) is 2.66. The molecule has 0 heterocycles. The molecule has 8 heteroatoms. The smallest absolute Gasteiger partial charge is 0.335 e. The highest BCUT2D eigenvalue weighted by Crippen LogP contribution is 2.30. The van der Waals surface area contributed by atoms with Gasteiger partial charge in [-0.25, -0.2) is 4.79 Å². The van der Waals surface area contributed by atoms with Crippen molar-refractivity contribution in [3.8, 4) is 0 Å². The van der Waals surface area contributed by atoms with Crippen LogP contribution in [-0.2, 0) is 0 Å². The van der Waals surface area contributed by atoms with E-state index in [9.17, 15) is 4.79 Å². The molecule has 1 aromatic rings. The third kappa shape index (κ3) is 2.07. The molecule has 0 unspecified atom stereocenters. The van der Waals surface area contributed by atoms with E-state index >= 15 is 0 Å². The largest absolute Gasteiger partial charge is 0.478 e. The number of carboxylic acids is 1. The molecule has 0 spiro atoms. The summed E-state index contributed by atoms with van der Waals surface area (Å²) in [7, 11) is 0. The number of carboxylic acid groups (broad SMARTS) is 1.